The number of carbonyl (C=O) groups is 1. The zero-order chi connectivity index (χ0) is 25.8. The molecule has 0 aliphatic carbocycles. The summed E-state index contributed by atoms with van der Waals surface area (Å²) >= 11 is 0. The van der Waals surface area contributed by atoms with Gasteiger partial charge in [0.15, 0.2) is 5.75 Å². The van der Waals surface area contributed by atoms with Crippen molar-refractivity contribution in [2.75, 3.05) is 0 Å². The van der Waals surface area contributed by atoms with Gasteiger partial charge < -0.3 is 4.18 Å². The predicted octanol–water partition coefficient (Wildman–Crippen LogP) is 5.32. The van der Waals surface area contributed by atoms with E-state index in [1.54, 1.807) is 6.07 Å². The number of hydrazone groups is 1. The molecule has 1 N–H and O–H groups in total. The molecule has 0 unspecified atom stereocenters. The van der Waals surface area contributed by atoms with Crippen molar-refractivity contribution < 1.29 is 30.6 Å². The number of nitrogens with one attached hydrogen (secondary N) is 1. The summed E-state index contributed by atoms with van der Waals surface area (Å²) < 4.78 is 68.5. The molecule has 0 saturated carbocycles. The first-order valence-corrected chi connectivity index (χ1v) is 12.0. The molecule has 1 amide bonds. The molecule has 36 heavy (non-hydrogen) atoms. The van der Waals surface area contributed by atoms with E-state index < -0.39 is 26.8 Å². The molecule has 0 aromatic heterocycles. The van der Waals surface area contributed by atoms with E-state index in [1.807, 2.05) is 42.5 Å². The molecule has 6 nitrogen and oxygen atoms in total. The molecule has 0 saturated heterocycles. The highest BCUT2D eigenvalue weighted by atomic mass is 32.2. The second-order valence-corrected chi connectivity index (χ2v) is 9.30. The third kappa shape index (κ3) is 6.08. The van der Waals surface area contributed by atoms with E-state index >= 15 is 0 Å². The molecule has 0 aliphatic rings. The van der Waals surface area contributed by atoms with Crippen molar-refractivity contribution in [3.63, 3.8) is 0 Å². The fraction of sp³-hybridized carbons (Fsp3) is 0.0769. The molecule has 0 radical (unpaired) electrons. The first kappa shape index (κ1) is 24.9. The molecule has 4 aromatic rings. The highest BCUT2D eigenvalue weighted by Crippen LogP contribution is 2.30. The molecule has 0 heterocycles. The monoisotopic (exact) mass is 512 g/mol. The fourth-order valence-corrected chi connectivity index (χ4v) is 4.34. The van der Waals surface area contributed by atoms with Gasteiger partial charge in [-0.25, -0.2) is 5.43 Å². The minimum absolute atomic E-state index is 0.0859. The van der Waals surface area contributed by atoms with Gasteiger partial charge in [-0.05, 0) is 52.7 Å². The Labute approximate surface area is 205 Å². The van der Waals surface area contributed by atoms with Crippen molar-refractivity contribution >= 4 is 33.0 Å². The van der Waals surface area contributed by atoms with E-state index in [0.29, 0.717) is 12.1 Å². The third-order valence-electron chi connectivity index (χ3n) is 5.16. The second kappa shape index (κ2) is 10.2. The lowest BCUT2D eigenvalue weighted by molar-refractivity contribution is -0.137. The van der Waals surface area contributed by atoms with Crippen LogP contribution in [0.25, 0.3) is 10.8 Å². The Morgan fingerprint density at radius 3 is 2.28 bits per heavy atom. The highest BCUT2D eigenvalue weighted by Gasteiger charge is 2.31. The number of fused-ring (bicyclic) bond motifs is 1. The van der Waals surface area contributed by atoms with Crippen LogP contribution in [0.3, 0.4) is 0 Å². The number of carbonyl (C=O) groups excluding carboxylic acids is 1. The minimum Gasteiger partial charge on any atom is -0.378 e. The Bertz CT molecular complexity index is 1530. The smallest absolute Gasteiger partial charge is 0.378 e. The van der Waals surface area contributed by atoms with E-state index in [9.17, 15) is 26.4 Å². The van der Waals surface area contributed by atoms with E-state index in [4.69, 9.17) is 4.18 Å². The summed E-state index contributed by atoms with van der Waals surface area (Å²) in [6, 6.07) is 22.4. The fourth-order valence-electron chi connectivity index (χ4n) is 3.39. The Kier molecular flexibility index (Phi) is 7.07. The summed E-state index contributed by atoms with van der Waals surface area (Å²) in [7, 11) is -4.41. The molecule has 4 rings (SSSR count). The van der Waals surface area contributed by atoms with Crippen LogP contribution in [-0.4, -0.2) is 20.5 Å². The predicted molar refractivity (Wildman–Crippen MR) is 129 cm³/mol. The number of alkyl halides is 3. The summed E-state index contributed by atoms with van der Waals surface area (Å²) in [5, 5.41) is 5.94. The van der Waals surface area contributed by atoms with Crippen molar-refractivity contribution in [2.24, 2.45) is 5.10 Å². The van der Waals surface area contributed by atoms with Crippen LogP contribution in [0.1, 0.15) is 16.7 Å². The zero-order valence-corrected chi connectivity index (χ0v) is 19.4. The van der Waals surface area contributed by atoms with E-state index in [0.717, 1.165) is 28.5 Å². The summed E-state index contributed by atoms with van der Waals surface area (Å²) in [6.45, 7) is 0. The molecule has 0 aliphatic heterocycles. The Hall–Kier alpha value is -4.18. The molecule has 184 valence electrons. The van der Waals surface area contributed by atoms with Gasteiger partial charge in [-0.15, -0.1) is 0 Å². The Morgan fingerprint density at radius 1 is 0.889 bits per heavy atom. The van der Waals surface area contributed by atoms with Crippen LogP contribution >= 0.6 is 0 Å². The van der Waals surface area contributed by atoms with E-state index in [-0.39, 0.29) is 23.6 Å². The van der Waals surface area contributed by atoms with Gasteiger partial charge in [0.05, 0.1) is 18.2 Å². The number of halogens is 3. The van der Waals surface area contributed by atoms with Crippen molar-refractivity contribution in [1.29, 1.82) is 0 Å². The number of para-hydroxylation sites is 1. The largest absolute Gasteiger partial charge is 0.416 e. The number of benzene rings is 4. The normalized spacial score (nSPS) is 12.1. The average molecular weight is 513 g/mol. The van der Waals surface area contributed by atoms with Crippen LogP contribution < -0.4 is 9.61 Å². The topological polar surface area (TPSA) is 84.8 Å². The maximum atomic E-state index is 12.8. The first-order valence-electron chi connectivity index (χ1n) is 10.6. The van der Waals surface area contributed by atoms with Crippen molar-refractivity contribution in [1.82, 2.24) is 5.43 Å². The first-order chi connectivity index (χ1) is 17.1. The maximum absolute atomic E-state index is 12.8. The third-order valence-corrected chi connectivity index (χ3v) is 6.41. The van der Waals surface area contributed by atoms with Crippen LogP contribution in [0.15, 0.2) is 101 Å². The highest BCUT2D eigenvalue weighted by molar-refractivity contribution is 7.87. The average Bonchev–Trinajstić information content (AvgIpc) is 2.84. The van der Waals surface area contributed by atoms with Crippen molar-refractivity contribution in [3.8, 4) is 5.75 Å². The summed E-state index contributed by atoms with van der Waals surface area (Å²) in [4.78, 5) is 11.9. The van der Waals surface area contributed by atoms with Gasteiger partial charge in [-0.1, -0.05) is 54.6 Å². The summed E-state index contributed by atoms with van der Waals surface area (Å²) in [6.07, 6.45) is -3.29. The quantitative estimate of drug-likeness (QED) is 0.206. The lowest BCUT2D eigenvalue weighted by atomic mass is 10.1. The Balaban J connectivity index is 1.43. The molecule has 10 heteroatoms. The van der Waals surface area contributed by atoms with Gasteiger partial charge in [0.1, 0.15) is 4.90 Å². The van der Waals surface area contributed by atoms with Gasteiger partial charge in [-0.3, -0.25) is 4.79 Å². The number of rotatable bonds is 7. The lowest BCUT2D eigenvalue weighted by Crippen LogP contribution is -2.19. The molecular weight excluding hydrogens is 493 g/mol. The van der Waals surface area contributed by atoms with Crippen LogP contribution in [0.2, 0.25) is 0 Å². The standard InChI is InChI=1S/C26H19F3N2O4S/c27-26(28,29)22-11-13-23(14-12-22)36(33,34)35-24-8-4-3-7-21(24)17-30-31-25(32)16-18-9-10-19-5-1-2-6-20(19)15-18/h1-15,17H,16H2,(H,31,32). The zero-order valence-electron chi connectivity index (χ0n) is 18.6. The molecule has 0 bridgehead atoms. The van der Waals surface area contributed by atoms with Gasteiger partial charge in [0.25, 0.3) is 0 Å². The van der Waals surface area contributed by atoms with Gasteiger partial charge in [-0.2, -0.15) is 26.7 Å². The van der Waals surface area contributed by atoms with Crippen LogP contribution in [-0.2, 0) is 27.5 Å². The number of hydrogen-bond acceptors (Lipinski definition) is 5. The SMILES string of the molecule is O=C(Cc1ccc2ccccc2c1)NN=Cc1ccccc1OS(=O)(=O)c1ccc(C(F)(F)F)cc1. The molecular formula is C26H19F3N2O4S. The van der Waals surface area contributed by atoms with Crippen LogP contribution in [0, 0.1) is 0 Å². The number of nitrogens with zero attached hydrogens (tertiary/aromatic N) is 1. The van der Waals surface area contributed by atoms with Gasteiger partial charge >= 0.3 is 16.3 Å². The van der Waals surface area contributed by atoms with Crippen molar-refractivity contribution in [2.45, 2.75) is 17.5 Å². The summed E-state index contributed by atoms with van der Waals surface area (Å²) in [5.74, 6) is -0.484. The van der Waals surface area contributed by atoms with Crippen LogP contribution in [0.5, 0.6) is 5.75 Å². The van der Waals surface area contributed by atoms with Gasteiger partial charge in [0, 0.05) is 5.56 Å². The van der Waals surface area contributed by atoms with Crippen molar-refractivity contribution in [3.05, 3.63) is 108 Å². The summed E-state index contributed by atoms with van der Waals surface area (Å²) in [5.41, 5.74) is 2.44. The number of amides is 1. The minimum atomic E-state index is -4.59. The second-order valence-electron chi connectivity index (χ2n) is 7.75. The molecule has 0 fully saturated rings. The molecule has 4 aromatic carbocycles. The molecule has 0 atom stereocenters. The number of hydrogen-bond donors (Lipinski definition) is 1. The Morgan fingerprint density at radius 2 is 1.56 bits per heavy atom. The van der Waals surface area contributed by atoms with E-state index in [2.05, 4.69) is 10.5 Å². The maximum Gasteiger partial charge on any atom is 0.416 e. The molecule has 0 spiro atoms. The van der Waals surface area contributed by atoms with Crippen LogP contribution in [0.4, 0.5) is 13.2 Å². The van der Waals surface area contributed by atoms with Gasteiger partial charge in [0.2, 0.25) is 5.91 Å². The van der Waals surface area contributed by atoms with E-state index in [1.165, 1.54) is 24.4 Å². The lowest BCUT2D eigenvalue weighted by Gasteiger charge is -2.11.